The number of aryl methyl sites for hydroxylation is 1. The third-order valence-electron chi connectivity index (χ3n) is 3.36. The van der Waals surface area contributed by atoms with E-state index in [0.717, 1.165) is 17.7 Å². The van der Waals surface area contributed by atoms with E-state index in [2.05, 4.69) is 0 Å². The first kappa shape index (κ1) is 12.5. The van der Waals surface area contributed by atoms with E-state index in [0.29, 0.717) is 5.92 Å². The summed E-state index contributed by atoms with van der Waals surface area (Å²) in [6.45, 7) is 2.04. The SMILES string of the molecule is Cc1ccc(SC(C(=O)O)C2CCCC2)cc1. The fourth-order valence-electron chi connectivity index (χ4n) is 2.37. The number of carboxylic acid groups (broad SMARTS) is 1. The lowest BCUT2D eigenvalue weighted by Gasteiger charge is -2.18. The van der Waals surface area contributed by atoms with Gasteiger partial charge in [0.25, 0.3) is 0 Å². The van der Waals surface area contributed by atoms with Gasteiger partial charge in [-0.15, -0.1) is 11.8 Å². The van der Waals surface area contributed by atoms with E-state index < -0.39 is 5.97 Å². The fourth-order valence-corrected chi connectivity index (χ4v) is 3.52. The van der Waals surface area contributed by atoms with Crippen molar-refractivity contribution in [3.8, 4) is 0 Å². The zero-order valence-corrected chi connectivity index (χ0v) is 10.9. The number of aliphatic carboxylic acids is 1. The Morgan fingerprint density at radius 2 is 1.88 bits per heavy atom. The number of rotatable bonds is 4. The van der Waals surface area contributed by atoms with Crippen LogP contribution in [0.2, 0.25) is 0 Å². The maximum Gasteiger partial charge on any atom is 0.317 e. The number of carbonyl (C=O) groups is 1. The average Bonchev–Trinajstić information content (AvgIpc) is 2.81. The van der Waals surface area contributed by atoms with Crippen LogP contribution in [0.25, 0.3) is 0 Å². The highest BCUT2D eigenvalue weighted by atomic mass is 32.2. The Labute approximate surface area is 106 Å². The van der Waals surface area contributed by atoms with Crippen molar-refractivity contribution < 1.29 is 9.90 Å². The second-order valence-electron chi connectivity index (χ2n) is 4.73. The Morgan fingerprint density at radius 3 is 2.41 bits per heavy atom. The first-order chi connectivity index (χ1) is 8.16. The third-order valence-corrected chi connectivity index (χ3v) is 4.74. The summed E-state index contributed by atoms with van der Waals surface area (Å²) in [4.78, 5) is 12.4. The first-order valence-corrected chi connectivity index (χ1v) is 7.01. The molecule has 2 rings (SSSR count). The molecule has 1 saturated carbocycles. The summed E-state index contributed by atoms with van der Waals surface area (Å²) >= 11 is 1.50. The quantitative estimate of drug-likeness (QED) is 0.827. The Hall–Kier alpha value is -0.960. The monoisotopic (exact) mass is 250 g/mol. The predicted molar refractivity (Wildman–Crippen MR) is 70.4 cm³/mol. The summed E-state index contributed by atoms with van der Waals surface area (Å²) in [5, 5.41) is 9.05. The van der Waals surface area contributed by atoms with Crippen molar-refractivity contribution in [2.24, 2.45) is 5.92 Å². The van der Waals surface area contributed by atoms with Gasteiger partial charge >= 0.3 is 5.97 Å². The van der Waals surface area contributed by atoms with Gasteiger partial charge in [-0.05, 0) is 37.8 Å². The maximum absolute atomic E-state index is 11.3. The van der Waals surface area contributed by atoms with E-state index in [4.69, 9.17) is 0 Å². The highest BCUT2D eigenvalue weighted by Gasteiger charge is 2.31. The number of thioether (sulfide) groups is 1. The molecular formula is C14H18O2S. The van der Waals surface area contributed by atoms with Crippen LogP contribution in [0.15, 0.2) is 29.2 Å². The Morgan fingerprint density at radius 1 is 1.29 bits per heavy atom. The first-order valence-electron chi connectivity index (χ1n) is 6.13. The van der Waals surface area contributed by atoms with Gasteiger partial charge in [0.05, 0.1) is 0 Å². The van der Waals surface area contributed by atoms with Crippen LogP contribution in [-0.2, 0) is 4.79 Å². The van der Waals surface area contributed by atoms with Crippen LogP contribution in [0, 0.1) is 12.8 Å². The van der Waals surface area contributed by atoms with Gasteiger partial charge in [-0.25, -0.2) is 0 Å². The second-order valence-corrected chi connectivity index (χ2v) is 5.95. The minimum atomic E-state index is -0.664. The van der Waals surface area contributed by atoms with Crippen molar-refractivity contribution in [2.45, 2.75) is 42.8 Å². The standard InChI is InChI=1S/C14H18O2S/c1-10-6-8-12(9-7-10)17-13(14(15)16)11-4-2-3-5-11/h6-9,11,13H,2-5H2,1H3,(H,15,16). The highest BCUT2D eigenvalue weighted by molar-refractivity contribution is 8.00. The largest absolute Gasteiger partial charge is 0.480 e. The summed E-state index contributed by atoms with van der Waals surface area (Å²) in [5.41, 5.74) is 1.21. The van der Waals surface area contributed by atoms with Crippen LogP contribution in [-0.4, -0.2) is 16.3 Å². The Balaban J connectivity index is 2.06. The van der Waals surface area contributed by atoms with E-state index in [1.807, 2.05) is 31.2 Å². The summed E-state index contributed by atoms with van der Waals surface area (Å²) < 4.78 is 0. The molecule has 1 N–H and O–H groups in total. The van der Waals surface area contributed by atoms with Gasteiger partial charge < -0.3 is 5.11 Å². The molecule has 0 radical (unpaired) electrons. The number of benzene rings is 1. The van der Waals surface area contributed by atoms with Crippen LogP contribution < -0.4 is 0 Å². The molecule has 1 aliphatic rings. The highest BCUT2D eigenvalue weighted by Crippen LogP contribution is 2.37. The number of hydrogen-bond acceptors (Lipinski definition) is 2. The van der Waals surface area contributed by atoms with Gasteiger partial charge in [0.2, 0.25) is 0 Å². The lowest BCUT2D eigenvalue weighted by Crippen LogP contribution is -2.24. The second kappa shape index (κ2) is 5.58. The van der Waals surface area contributed by atoms with Crippen molar-refractivity contribution in [2.75, 3.05) is 0 Å². The summed E-state index contributed by atoms with van der Waals surface area (Å²) in [6, 6.07) is 8.11. The minimum absolute atomic E-state index is 0.278. The van der Waals surface area contributed by atoms with Crippen LogP contribution in [0.3, 0.4) is 0 Å². The van der Waals surface area contributed by atoms with Gasteiger partial charge in [0, 0.05) is 4.90 Å². The molecule has 1 aromatic rings. The molecule has 1 fully saturated rings. The molecule has 1 unspecified atom stereocenters. The molecule has 1 aromatic carbocycles. The normalized spacial score (nSPS) is 18.2. The lowest BCUT2D eigenvalue weighted by molar-refractivity contribution is -0.137. The fraction of sp³-hybridized carbons (Fsp3) is 0.500. The molecule has 3 heteroatoms. The average molecular weight is 250 g/mol. The zero-order valence-electron chi connectivity index (χ0n) is 10.1. The van der Waals surface area contributed by atoms with Gasteiger partial charge in [0.1, 0.15) is 5.25 Å². The predicted octanol–water partition coefficient (Wildman–Crippen LogP) is 3.73. The van der Waals surface area contributed by atoms with Gasteiger partial charge in [-0.1, -0.05) is 30.5 Å². The van der Waals surface area contributed by atoms with Gasteiger partial charge in [-0.3, -0.25) is 4.79 Å². The van der Waals surface area contributed by atoms with E-state index >= 15 is 0 Å². The van der Waals surface area contributed by atoms with Gasteiger partial charge in [-0.2, -0.15) is 0 Å². The van der Waals surface area contributed by atoms with E-state index in [1.165, 1.54) is 30.2 Å². The molecule has 1 atom stereocenters. The van der Waals surface area contributed by atoms with Crippen LogP contribution in [0.4, 0.5) is 0 Å². The van der Waals surface area contributed by atoms with Crippen molar-refractivity contribution in [1.29, 1.82) is 0 Å². The molecule has 2 nitrogen and oxygen atoms in total. The third kappa shape index (κ3) is 3.25. The number of carboxylic acids is 1. The van der Waals surface area contributed by atoms with Crippen LogP contribution in [0.1, 0.15) is 31.2 Å². The maximum atomic E-state index is 11.3. The summed E-state index contributed by atoms with van der Waals surface area (Å²) in [5.74, 6) is -0.318. The molecule has 0 heterocycles. The molecule has 0 aromatic heterocycles. The number of hydrogen-bond donors (Lipinski definition) is 1. The summed E-state index contributed by atoms with van der Waals surface area (Å²) in [7, 11) is 0. The molecule has 17 heavy (non-hydrogen) atoms. The van der Waals surface area contributed by atoms with Crippen LogP contribution >= 0.6 is 11.8 Å². The topological polar surface area (TPSA) is 37.3 Å². The molecule has 0 saturated heterocycles. The minimum Gasteiger partial charge on any atom is -0.480 e. The van der Waals surface area contributed by atoms with Crippen molar-refractivity contribution >= 4 is 17.7 Å². The Bertz CT molecular complexity index is 380. The van der Waals surface area contributed by atoms with E-state index in [1.54, 1.807) is 0 Å². The molecule has 0 spiro atoms. The lowest BCUT2D eigenvalue weighted by atomic mass is 10.0. The van der Waals surface area contributed by atoms with Crippen LogP contribution in [0.5, 0.6) is 0 Å². The zero-order chi connectivity index (χ0) is 12.3. The molecule has 1 aliphatic carbocycles. The Kier molecular flexibility index (Phi) is 4.11. The van der Waals surface area contributed by atoms with E-state index in [9.17, 15) is 9.90 Å². The molecule has 0 aliphatic heterocycles. The molecular weight excluding hydrogens is 232 g/mol. The molecule has 92 valence electrons. The smallest absolute Gasteiger partial charge is 0.317 e. The van der Waals surface area contributed by atoms with Gasteiger partial charge in [0.15, 0.2) is 0 Å². The van der Waals surface area contributed by atoms with Crippen molar-refractivity contribution in [3.63, 3.8) is 0 Å². The molecule has 0 amide bonds. The van der Waals surface area contributed by atoms with E-state index in [-0.39, 0.29) is 5.25 Å². The summed E-state index contributed by atoms with van der Waals surface area (Å²) in [6.07, 6.45) is 4.50. The molecule has 0 bridgehead atoms. The van der Waals surface area contributed by atoms with Crippen molar-refractivity contribution in [1.82, 2.24) is 0 Å². The van der Waals surface area contributed by atoms with Crippen molar-refractivity contribution in [3.05, 3.63) is 29.8 Å².